The van der Waals surface area contributed by atoms with E-state index in [0.29, 0.717) is 18.9 Å². The Bertz CT molecular complexity index is 272. The molecule has 1 N–H and O–H groups in total. The van der Waals surface area contributed by atoms with E-state index < -0.39 is 0 Å². The number of oxazole rings is 1. The van der Waals surface area contributed by atoms with Crippen LogP contribution >= 0.6 is 0 Å². The molecule has 0 saturated heterocycles. The van der Waals surface area contributed by atoms with Crippen molar-refractivity contribution < 1.29 is 13.9 Å². The summed E-state index contributed by atoms with van der Waals surface area (Å²) in [6.45, 7) is 4.39. The summed E-state index contributed by atoms with van der Waals surface area (Å²) in [5.41, 5.74) is 0. The van der Waals surface area contributed by atoms with Gasteiger partial charge in [0, 0.05) is 0 Å². The zero-order valence-corrected chi connectivity index (χ0v) is 8.32. The van der Waals surface area contributed by atoms with E-state index in [0.717, 1.165) is 0 Å². The average molecular weight is 198 g/mol. The second-order valence-electron chi connectivity index (χ2n) is 2.82. The van der Waals surface area contributed by atoms with Gasteiger partial charge in [0.15, 0.2) is 6.39 Å². The maximum atomic E-state index is 11.2. The van der Waals surface area contributed by atoms with Gasteiger partial charge in [-0.05, 0) is 13.8 Å². The standard InChI is InChI=1S/C9H14N2O3/c1-3-13-9(12)7(2)11-5-8-4-10-6-14-8/h4,6-7,11H,3,5H2,1-2H3. The van der Waals surface area contributed by atoms with Crippen LogP contribution in [0.1, 0.15) is 19.6 Å². The molecule has 0 aliphatic rings. The normalized spacial score (nSPS) is 12.4. The van der Waals surface area contributed by atoms with Gasteiger partial charge in [-0.2, -0.15) is 0 Å². The van der Waals surface area contributed by atoms with E-state index in [1.165, 1.54) is 6.39 Å². The van der Waals surface area contributed by atoms with Gasteiger partial charge in [0.25, 0.3) is 0 Å². The third kappa shape index (κ3) is 3.18. The van der Waals surface area contributed by atoms with E-state index in [1.807, 2.05) is 0 Å². The number of esters is 1. The fourth-order valence-corrected chi connectivity index (χ4v) is 0.934. The number of ether oxygens (including phenoxy) is 1. The molecular formula is C9H14N2O3. The Balaban J connectivity index is 2.27. The van der Waals surface area contributed by atoms with Crippen LogP contribution in [0, 0.1) is 0 Å². The molecule has 78 valence electrons. The third-order valence-electron chi connectivity index (χ3n) is 1.71. The van der Waals surface area contributed by atoms with Crippen LogP contribution in [0.15, 0.2) is 17.0 Å². The van der Waals surface area contributed by atoms with Gasteiger partial charge in [-0.3, -0.25) is 10.1 Å². The zero-order valence-electron chi connectivity index (χ0n) is 8.32. The fraction of sp³-hybridized carbons (Fsp3) is 0.556. The topological polar surface area (TPSA) is 64.4 Å². The molecule has 0 aliphatic carbocycles. The molecule has 0 bridgehead atoms. The first kappa shape index (κ1) is 10.7. The van der Waals surface area contributed by atoms with Crippen LogP contribution in [-0.4, -0.2) is 23.6 Å². The molecule has 1 heterocycles. The predicted octanol–water partition coefficient (Wildman–Crippen LogP) is 0.716. The summed E-state index contributed by atoms with van der Waals surface area (Å²) in [5.74, 6) is 0.438. The molecule has 0 fully saturated rings. The highest BCUT2D eigenvalue weighted by Crippen LogP contribution is 1.97. The Hall–Kier alpha value is -1.36. The minimum atomic E-state index is -0.333. The Morgan fingerprint density at radius 1 is 1.79 bits per heavy atom. The van der Waals surface area contributed by atoms with Crippen LogP contribution < -0.4 is 5.32 Å². The van der Waals surface area contributed by atoms with Gasteiger partial charge in [-0.1, -0.05) is 0 Å². The lowest BCUT2D eigenvalue weighted by atomic mass is 10.3. The maximum absolute atomic E-state index is 11.2. The molecule has 0 radical (unpaired) electrons. The minimum absolute atomic E-state index is 0.257. The van der Waals surface area contributed by atoms with Gasteiger partial charge in [0.2, 0.25) is 0 Å². The number of carbonyl (C=O) groups excluding carboxylic acids is 1. The number of nitrogens with zero attached hydrogens (tertiary/aromatic N) is 1. The van der Waals surface area contributed by atoms with Gasteiger partial charge in [0.05, 0.1) is 19.3 Å². The highest BCUT2D eigenvalue weighted by molar-refractivity contribution is 5.75. The number of rotatable bonds is 5. The Labute approximate surface area is 82.5 Å². The summed E-state index contributed by atoms with van der Waals surface area (Å²) in [6.07, 6.45) is 2.96. The molecule has 1 aromatic rings. The molecule has 0 aliphatic heterocycles. The minimum Gasteiger partial charge on any atom is -0.465 e. The first-order valence-electron chi connectivity index (χ1n) is 4.51. The highest BCUT2D eigenvalue weighted by Gasteiger charge is 2.13. The molecule has 1 atom stereocenters. The van der Waals surface area contributed by atoms with Crippen LogP contribution in [0.25, 0.3) is 0 Å². The van der Waals surface area contributed by atoms with E-state index in [2.05, 4.69) is 10.3 Å². The van der Waals surface area contributed by atoms with Crippen molar-refractivity contribution in [1.29, 1.82) is 0 Å². The summed E-state index contributed by atoms with van der Waals surface area (Å²) < 4.78 is 9.82. The average Bonchev–Trinajstić information content (AvgIpc) is 2.67. The lowest BCUT2D eigenvalue weighted by Crippen LogP contribution is -2.34. The van der Waals surface area contributed by atoms with Crippen molar-refractivity contribution in [3.63, 3.8) is 0 Å². The molecule has 0 aromatic carbocycles. The van der Waals surface area contributed by atoms with Crippen LogP contribution in [0.4, 0.5) is 0 Å². The fourth-order valence-electron chi connectivity index (χ4n) is 0.934. The van der Waals surface area contributed by atoms with Crippen molar-refractivity contribution in [3.05, 3.63) is 18.4 Å². The molecule has 5 heteroatoms. The lowest BCUT2D eigenvalue weighted by molar-refractivity contribution is -0.145. The molecule has 0 saturated carbocycles. The van der Waals surface area contributed by atoms with Crippen LogP contribution in [-0.2, 0) is 16.1 Å². The summed E-state index contributed by atoms with van der Waals surface area (Å²) in [5, 5.41) is 2.96. The van der Waals surface area contributed by atoms with Crippen LogP contribution in [0.5, 0.6) is 0 Å². The monoisotopic (exact) mass is 198 g/mol. The second kappa shape index (κ2) is 5.39. The molecule has 1 rings (SSSR count). The zero-order chi connectivity index (χ0) is 10.4. The summed E-state index contributed by atoms with van der Waals surface area (Å²) in [4.78, 5) is 14.9. The van der Waals surface area contributed by atoms with Crippen molar-refractivity contribution in [2.75, 3.05) is 6.61 Å². The molecule has 1 aromatic heterocycles. The second-order valence-corrected chi connectivity index (χ2v) is 2.82. The molecule has 0 amide bonds. The van der Waals surface area contributed by atoms with Gasteiger partial charge in [-0.15, -0.1) is 0 Å². The summed E-state index contributed by atoms with van der Waals surface area (Å²) >= 11 is 0. The van der Waals surface area contributed by atoms with Gasteiger partial charge in [-0.25, -0.2) is 4.98 Å². The van der Waals surface area contributed by atoms with E-state index in [-0.39, 0.29) is 12.0 Å². The number of hydrogen-bond acceptors (Lipinski definition) is 5. The van der Waals surface area contributed by atoms with Gasteiger partial charge >= 0.3 is 5.97 Å². The summed E-state index contributed by atoms with van der Waals surface area (Å²) in [6, 6.07) is -0.333. The summed E-state index contributed by atoms with van der Waals surface area (Å²) in [7, 11) is 0. The first-order valence-corrected chi connectivity index (χ1v) is 4.51. The van der Waals surface area contributed by atoms with E-state index in [1.54, 1.807) is 20.0 Å². The molecule has 0 spiro atoms. The molecule has 5 nitrogen and oxygen atoms in total. The number of hydrogen-bond donors (Lipinski definition) is 1. The highest BCUT2D eigenvalue weighted by atomic mass is 16.5. The number of carbonyl (C=O) groups is 1. The quantitative estimate of drug-likeness (QED) is 0.706. The van der Waals surface area contributed by atoms with Gasteiger partial charge < -0.3 is 9.15 Å². The van der Waals surface area contributed by atoms with Crippen molar-refractivity contribution in [3.8, 4) is 0 Å². The van der Waals surface area contributed by atoms with Crippen LogP contribution in [0.3, 0.4) is 0 Å². The van der Waals surface area contributed by atoms with Crippen molar-refractivity contribution >= 4 is 5.97 Å². The Morgan fingerprint density at radius 2 is 2.57 bits per heavy atom. The third-order valence-corrected chi connectivity index (χ3v) is 1.71. The molecule has 14 heavy (non-hydrogen) atoms. The van der Waals surface area contributed by atoms with Crippen molar-refractivity contribution in [2.24, 2.45) is 0 Å². The van der Waals surface area contributed by atoms with E-state index in [4.69, 9.17) is 9.15 Å². The van der Waals surface area contributed by atoms with Gasteiger partial charge in [0.1, 0.15) is 11.8 Å². The Morgan fingerprint density at radius 3 is 3.14 bits per heavy atom. The predicted molar refractivity (Wildman–Crippen MR) is 49.4 cm³/mol. The van der Waals surface area contributed by atoms with E-state index in [9.17, 15) is 4.79 Å². The number of nitrogens with one attached hydrogen (secondary N) is 1. The van der Waals surface area contributed by atoms with Crippen molar-refractivity contribution in [2.45, 2.75) is 26.4 Å². The molecular weight excluding hydrogens is 184 g/mol. The Kier molecular flexibility index (Phi) is 4.12. The van der Waals surface area contributed by atoms with E-state index >= 15 is 0 Å². The van der Waals surface area contributed by atoms with Crippen molar-refractivity contribution in [1.82, 2.24) is 10.3 Å². The first-order chi connectivity index (χ1) is 6.74. The van der Waals surface area contributed by atoms with Crippen LogP contribution in [0.2, 0.25) is 0 Å². The largest absolute Gasteiger partial charge is 0.465 e. The lowest BCUT2D eigenvalue weighted by Gasteiger charge is -2.10. The number of aromatic nitrogens is 1. The maximum Gasteiger partial charge on any atom is 0.322 e. The smallest absolute Gasteiger partial charge is 0.322 e. The molecule has 1 unspecified atom stereocenters. The SMILES string of the molecule is CCOC(=O)C(C)NCc1cnco1.